The maximum Gasteiger partial charge on any atom is 0.222 e. The van der Waals surface area contributed by atoms with Gasteiger partial charge in [0.25, 0.3) is 0 Å². The van der Waals surface area contributed by atoms with Crippen molar-refractivity contribution < 1.29 is 4.39 Å². The second-order valence-corrected chi connectivity index (χ2v) is 3.13. The highest BCUT2D eigenvalue weighted by Gasteiger charge is 1.94. The van der Waals surface area contributed by atoms with E-state index in [-0.39, 0.29) is 0 Å². The smallest absolute Gasteiger partial charge is 0.222 e. The Labute approximate surface area is 74.8 Å². The lowest BCUT2D eigenvalue weighted by Crippen LogP contribution is -2.06. The normalized spacial score (nSPS) is 9.83. The van der Waals surface area contributed by atoms with Gasteiger partial charge >= 0.3 is 0 Å². The average molecular weight is 187 g/mol. The molecule has 0 radical (unpaired) electrons. The molecule has 66 valence electrons. The molecule has 1 aromatic rings. The van der Waals surface area contributed by atoms with Crippen molar-refractivity contribution in [2.45, 2.75) is 0 Å². The van der Waals surface area contributed by atoms with Crippen LogP contribution in [-0.2, 0) is 0 Å². The van der Waals surface area contributed by atoms with Crippen LogP contribution < -0.4 is 5.32 Å². The van der Waals surface area contributed by atoms with Gasteiger partial charge in [0, 0.05) is 12.3 Å². The Balaban J connectivity index is 2.37. The number of aromatic nitrogens is 2. The van der Waals surface area contributed by atoms with E-state index in [9.17, 15) is 4.39 Å². The van der Waals surface area contributed by atoms with Crippen LogP contribution in [0.2, 0.25) is 0 Å². The van der Waals surface area contributed by atoms with Crippen molar-refractivity contribution in [3.05, 3.63) is 18.2 Å². The van der Waals surface area contributed by atoms with Crippen LogP contribution in [0.1, 0.15) is 0 Å². The molecule has 0 aliphatic rings. The molecule has 0 aromatic carbocycles. The van der Waals surface area contributed by atoms with Crippen molar-refractivity contribution >= 4 is 17.7 Å². The van der Waals surface area contributed by atoms with Gasteiger partial charge in [-0.1, -0.05) is 0 Å². The Morgan fingerprint density at radius 3 is 2.75 bits per heavy atom. The molecule has 1 N–H and O–H groups in total. The first-order chi connectivity index (χ1) is 5.83. The van der Waals surface area contributed by atoms with Crippen LogP contribution in [0.5, 0.6) is 0 Å². The van der Waals surface area contributed by atoms with Gasteiger partial charge in [-0.15, -0.1) is 0 Å². The molecule has 0 saturated carbocycles. The third-order valence-electron chi connectivity index (χ3n) is 1.21. The van der Waals surface area contributed by atoms with Gasteiger partial charge in [-0.05, 0) is 6.26 Å². The molecular weight excluding hydrogens is 177 g/mol. The van der Waals surface area contributed by atoms with Crippen molar-refractivity contribution in [1.29, 1.82) is 0 Å². The second kappa shape index (κ2) is 4.92. The van der Waals surface area contributed by atoms with Gasteiger partial charge in [-0.3, -0.25) is 0 Å². The van der Waals surface area contributed by atoms with Crippen molar-refractivity contribution in [3.63, 3.8) is 0 Å². The standard InChI is InChI=1S/C7H10FN3S/c1-12-3-2-9-7-10-4-6(8)5-11-7/h4-5H,2-3H2,1H3,(H,9,10,11). The average Bonchev–Trinajstić information content (AvgIpc) is 2.09. The van der Waals surface area contributed by atoms with Gasteiger partial charge < -0.3 is 5.32 Å². The van der Waals surface area contributed by atoms with E-state index in [4.69, 9.17) is 0 Å². The summed E-state index contributed by atoms with van der Waals surface area (Å²) >= 11 is 1.73. The van der Waals surface area contributed by atoms with Crippen molar-refractivity contribution in [3.8, 4) is 0 Å². The molecule has 0 unspecified atom stereocenters. The zero-order valence-corrected chi connectivity index (χ0v) is 7.57. The Morgan fingerprint density at radius 2 is 2.17 bits per heavy atom. The molecule has 5 heteroatoms. The van der Waals surface area contributed by atoms with Crippen molar-refractivity contribution in [2.75, 3.05) is 23.9 Å². The summed E-state index contributed by atoms with van der Waals surface area (Å²) in [5, 5.41) is 2.96. The molecule has 1 heterocycles. The summed E-state index contributed by atoms with van der Waals surface area (Å²) in [5.74, 6) is 1.05. The van der Waals surface area contributed by atoms with Gasteiger partial charge in [0.2, 0.25) is 5.95 Å². The highest BCUT2D eigenvalue weighted by Crippen LogP contribution is 1.98. The summed E-state index contributed by atoms with van der Waals surface area (Å²) in [6, 6.07) is 0. The SMILES string of the molecule is CSCCNc1ncc(F)cn1. The van der Waals surface area contributed by atoms with Crippen LogP contribution in [0.4, 0.5) is 10.3 Å². The third-order valence-corrected chi connectivity index (χ3v) is 1.82. The molecule has 0 saturated heterocycles. The lowest BCUT2D eigenvalue weighted by Gasteiger charge is -2.01. The van der Waals surface area contributed by atoms with Crippen LogP contribution >= 0.6 is 11.8 Å². The first-order valence-electron chi connectivity index (χ1n) is 3.53. The monoisotopic (exact) mass is 187 g/mol. The summed E-state index contributed by atoms with van der Waals surface area (Å²) in [6.07, 6.45) is 4.32. The van der Waals surface area contributed by atoms with E-state index in [1.54, 1.807) is 11.8 Å². The number of hydrogen-bond acceptors (Lipinski definition) is 4. The lowest BCUT2D eigenvalue weighted by molar-refractivity contribution is 0.614. The molecule has 0 bridgehead atoms. The minimum Gasteiger partial charge on any atom is -0.353 e. The highest BCUT2D eigenvalue weighted by atomic mass is 32.2. The molecule has 0 aliphatic heterocycles. The molecular formula is C7H10FN3S. The minimum absolute atomic E-state index is 0.412. The van der Waals surface area contributed by atoms with E-state index in [2.05, 4.69) is 15.3 Å². The van der Waals surface area contributed by atoms with E-state index >= 15 is 0 Å². The van der Waals surface area contributed by atoms with Gasteiger partial charge in [0.1, 0.15) is 0 Å². The molecule has 0 fully saturated rings. The molecule has 0 spiro atoms. The number of rotatable bonds is 4. The first-order valence-corrected chi connectivity index (χ1v) is 4.92. The molecule has 12 heavy (non-hydrogen) atoms. The van der Waals surface area contributed by atoms with Gasteiger partial charge in [-0.2, -0.15) is 11.8 Å². The summed E-state index contributed by atoms with van der Waals surface area (Å²) in [5.41, 5.74) is 0. The predicted octanol–water partition coefficient (Wildman–Crippen LogP) is 1.39. The largest absolute Gasteiger partial charge is 0.353 e. The van der Waals surface area contributed by atoms with Crippen LogP contribution in [-0.4, -0.2) is 28.5 Å². The number of hydrogen-bond donors (Lipinski definition) is 1. The van der Waals surface area contributed by atoms with Gasteiger partial charge in [0.05, 0.1) is 12.4 Å². The maximum atomic E-state index is 12.3. The maximum absolute atomic E-state index is 12.3. The van der Waals surface area contributed by atoms with E-state index in [1.165, 1.54) is 0 Å². The summed E-state index contributed by atoms with van der Waals surface area (Å²) in [6.45, 7) is 0.798. The molecule has 1 aromatic heterocycles. The number of halogens is 1. The quantitative estimate of drug-likeness (QED) is 0.723. The summed E-state index contributed by atoms with van der Waals surface area (Å²) in [4.78, 5) is 7.49. The van der Waals surface area contributed by atoms with E-state index in [0.717, 1.165) is 24.7 Å². The highest BCUT2D eigenvalue weighted by molar-refractivity contribution is 7.98. The molecule has 0 aliphatic carbocycles. The van der Waals surface area contributed by atoms with E-state index in [1.807, 2.05) is 6.26 Å². The fourth-order valence-electron chi connectivity index (χ4n) is 0.668. The number of anilines is 1. The predicted molar refractivity (Wildman–Crippen MR) is 48.9 cm³/mol. The first kappa shape index (κ1) is 9.25. The third kappa shape index (κ3) is 3.04. The Kier molecular flexibility index (Phi) is 3.79. The fraction of sp³-hybridized carbons (Fsp3) is 0.429. The summed E-state index contributed by atoms with van der Waals surface area (Å²) in [7, 11) is 0. The van der Waals surface area contributed by atoms with Crippen LogP contribution in [0.15, 0.2) is 12.4 Å². The number of nitrogens with zero attached hydrogens (tertiary/aromatic N) is 2. The van der Waals surface area contributed by atoms with Crippen molar-refractivity contribution in [2.24, 2.45) is 0 Å². The Bertz CT molecular complexity index is 227. The fourth-order valence-corrected chi connectivity index (χ4v) is 0.975. The second-order valence-electron chi connectivity index (χ2n) is 2.14. The van der Waals surface area contributed by atoms with E-state index < -0.39 is 5.82 Å². The zero-order chi connectivity index (χ0) is 8.81. The minimum atomic E-state index is -0.412. The molecule has 3 nitrogen and oxygen atoms in total. The summed E-state index contributed by atoms with van der Waals surface area (Å²) < 4.78 is 12.3. The molecule has 0 amide bonds. The lowest BCUT2D eigenvalue weighted by atomic mass is 10.6. The van der Waals surface area contributed by atoms with E-state index in [0.29, 0.717) is 5.95 Å². The zero-order valence-electron chi connectivity index (χ0n) is 6.75. The molecule has 0 atom stereocenters. The van der Waals surface area contributed by atoms with Crippen molar-refractivity contribution in [1.82, 2.24) is 9.97 Å². The Morgan fingerprint density at radius 1 is 1.50 bits per heavy atom. The van der Waals surface area contributed by atoms with Gasteiger partial charge in [-0.25, -0.2) is 14.4 Å². The van der Waals surface area contributed by atoms with Crippen LogP contribution in [0.25, 0.3) is 0 Å². The van der Waals surface area contributed by atoms with Crippen LogP contribution in [0, 0.1) is 5.82 Å². The van der Waals surface area contributed by atoms with Gasteiger partial charge in [0.15, 0.2) is 5.82 Å². The Hall–Kier alpha value is -0.840. The topological polar surface area (TPSA) is 37.8 Å². The van der Waals surface area contributed by atoms with Crippen LogP contribution in [0.3, 0.4) is 0 Å². The molecule has 1 rings (SSSR count). The number of thioether (sulfide) groups is 1. The number of nitrogens with one attached hydrogen (secondary N) is 1.